The number of aryl methyl sites for hydroxylation is 1. The molecule has 1 heterocycles. The molecule has 7 heteroatoms. The van der Waals surface area contributed by atoms with E-state index in [1.54, 1.807) is 25.3 Å². The first-order valence-corrected chi connectivity index (χ1v) is 11.4. The van der Waals surface area contributed by atoms with E-state index in [2.05, 4.69) is 5.32 Å². The second-order valence-corrected chi connectivity index (χ2v) is 9.25. The highest BCUT2D eigenvalue weighted by atomic mass is 32.2. The SMILES string of the molecule is COc1ccc(C)cc1CCNC(=O)c1cccc(S(=O)(=O)N2CCCCC2)c1. The van der Waals surface area contributed by atoms with Gasteiger partial charge in [0, 0.05) is 25.2 Å². The quantitative estimate of drug-likeness (QED) is 0.752. The van der Waals surface area contributed by atoms with Crippen LogP contribution in [0.15, 0.2) is 47.4 Å². The van der Waals surface area contributed by atoms with Crippen LogP contribution in [0.3, 0.4) is 0 Å². The van der Waals surface area contributed by atoms with E-state index >= 15 is 0 Å². The van der Waals surface area contributed by atoms with Crippen molar-refractivity contribution in [1.29, 1.82) is 0 Å². The molecule has 2 aromatic rings. The molecule has 0 bridgehead atoms. The molecule has 1 N–H and O–H groups in total. The van der Waals surface area contributed by atoms with Gasteiger partial charge in [0.15, 0.2) is 0 Å². The van der Waals surface area contributed by atoms with Crippen LogP contribution in [0.5, 0.6) is 5.75 Å². The van der Waals surface area contributed by atoms with Gasteiger partial charge < -0.3 is 10.1 Å². The number of nitrogens with one attached hydrogen (secondary N) is 1. The lowest BCUT2D eigenvalue weighted by Gasteiger charge is -2.26. The van der Waals surface area contributed by atoms with Gasteiger partial charge in [0.25, 0.3) is 5.91 Å². The van der Waals surface area contributed by atoms with Crippen molar-refractivity contribution in [3.8, 4) is 5.75 Å². The Bertz CT molecular complexity index is 967. The van der Waals surface area contributed by atoms with Crippen molar-refractivity contribution >= 4 is 15.9 Å². The maximum atomic E-state index is 12.8. The minimum Gasteiger partial charge on any atom is -0.496 e. The van der Waals surface area contributed by atoms with Gasteiger partial charge in [-0.05, 0) is 56.0 Å². The number of hydrogen-bond donors (Lipinski definition) is 1. The van der Waals surface area contributed by atoms with E-state index in [1.807, 2.05) is 25.1 Å². The maximum absolute atomic E-state index is 12.8. The molecule has 0 aliphatic carbocycles. The van der Waals surface area contributed by atoms with E-state index in [0.29, 0.717) is 31.6 Å². The van der Waals surface area contributed by atoms with Crippen LogP contribution >= 0.6 is 0 Å². The Morgan fingerprint density at radius 2 is 1.86 bits per heavy atom. The number of carbonyl (C=O) groups excluding carboxylic acids is 1. The van der Waals surface area contributed by atoms with Crippen LogP contribution in [0.1, 0.15) is 40.7 Å². The summed E-state index contributed by atoms with van der Waals surface area (Å²) >= 11 is 0. The molecule has 29 heavy (non-hydrogen) atoms. The largest absolute Gasteiger partial charge is 0.496 e. The summed E-state index contributed by atoms with van der Waals surface area (Å²) < 4.78 is 32.6. The van der Waals surface area contributed by atoms with Gasteiger partial charge >= 0.3 is 0 Å². The topological polar surface area (TPSA) is 75.7 Å². The van der Waals surface area contributed by atoms with Gasteiger partial charge in [0.05, 0.1) is 12.0 Å². The van der Waals surface area contributed by atoms with Crippen LogP contribution in [0, 0.1) is 6.92 Å². The van der Waals surface area contributed by atoms with Crippen molar-refractivity contribution in [1.82, 2.24) is 9.62 Å². The molecule has 1 fully saturated rings. The molecule has 3 rings (SSSR count). The number of carbonyl (C=O) groups is 1. The Morgan fingerprint density at radius 1 is 1.10 bits per heavy atom. The number of hydrogen-bond acceptors (Lipinski definition) is 4. The van der Waals surface area contributed by atoms with E-state index in [1.165, 1.54) is 10.4 Å². The van der Waals surface area contributed by atoms with Gasteiger partial charge in [-0.25, -0.2) is 8.42 Å². The maximum Gasteiger partial charge on any atom is 0.251 e. The average Bonchev–Trinajstić information content (AvgIpc) is 2.74. The third kappa shape index (κ3) is 5.16. The fourth-order valence-electron chi connectivity index (χ4n) is 3.57. The van der Waals surface area contributed by atoms with Gasteiger partial charge in [-0.1, -0.05) is 30.2 Å². The van der Waals surface area contributed by atoms with Crippen LogP contribution in [-0.2, 0) is 16.4 Å². The zero-order valence-electron chi connectivity index (χ0n) is 17.0. The van der Waals surface area contributed by atoms with Gasteiger partial charge in [-0.2, -0.15) is 4.31 Å². The standard InChI is InChI=1S/C22H28N2O4S/c1-17-9-10-21(28-2)18(15-17)11-12-23-22(25)19-7-6-8-20(16-19)29(26,27)24-13-4-3-5-14-24/h6-10,15-16H,3-5,11-14H2,1-2H3,(H,23,25). The van der Waals surface area contributed by atoms with Crippen molar-refractivity contribution in [2.45, 2.75) is 37.5 Å². The summed E-state index contributed by atoms with van der Waals surface area (Å²) in [6, 6.07) is 12.2. The fourth-order valence-corrected chi connectivity index (χ4v) is 5.13. The van der Waals surface area contributed by atoms with Crippen molar-refractivity contribution in [2.75, 3.05) is 26.7 Å². The zero-order chi connectivity index (χ0) is 20.9. The predicted molar refractivity (Wildman–Crippen MR) is 113 cm³/mol. The second-order valence-electron chi connectivity index (χ2n) is 7.31. The number of ether oxygens (including phenoxy) is 1. The summed E-state index contributed by atoms with van der Waals surface area (Å²) in [6.07, 6.45) is 3.44. The first kappa shape index (κ1) is 21.3. The summed E-state index contributed by atoms with van der Waals surface area (Å²) in [6.45, 7) is 3.52. The smallest absolute Gasteiger partial charge is 0.251 e. The Balaban J connectivity index is 1.66. The van der Waals surface area contributed by atoms with Crippen LogP contribution in [0.2, 0.25) is 0 Å². The third-order valence-electron chi connectivity index (χ3n) is 5.16. The molecule has 0 unspecified atom stereocenters. The summed E-state index contributed by atoms with van der Waals surface area (Å²) in [5, 5.41) is 2.87. The van der Waals surface area contributed by atoms with Crippen LogP contribution < -0.4 is 10.1 Å². The molecule has 0 radical (unpaired) electrons. The lowest BCUT2D eigenvalue weighted by Crippen LogP contribution is -2.35. The van der Waals surface area contributed by atoms with E-state index in [9.17, 15) is 13.2 Å². The predicted octanol–water partition coefficient (Wildman–Crippen LogP) is 3.15. The van der Waals surface area contributed by atoms with Crippen molar-refractivity contribution in [2.24, 2.45) is 0 Å². The Kier molecular flexibility index (Phi) is 6.92. The van der Waals surface area contributed by atoms with E-state index in [-0.39, 0.29) is 10.8 Å². The average molecular weight is 417 g/mol. The van der Waals surface area contributed by atoms with Crippen molar-refractivity contribution < 1.29 is 17.9 Å². The van der Waals surface area contributed by atoms with E-state index in [4.69, 9.17) is 4.74 Å². The number of piperidine rings is 1. The molecular weight excluding hydrogens is 388 g/mol. The molecule has 0 saturated carbocycles. The summed E-state index contributed by atoms with van der Waals surface area (Å²) in [5.41, 5.74) is 2.50. The van der Waals surface area contributed by atoms with Gasteiger partial charge in [0.1, 0.15) is 5.75 Å². The Hall–Kier alpha value is -2.38. The second kappa shape index (κ2) is 9.41. The molecule has 156 valence electrons. The number of benzene rings is 2. The molecule has 6 nitrogen and oxygen atoms in total. The van der Waals surface area contributed by atoms with Gasteiger partial charge in [-0.15, -0.1) is 0 Å². The Morgan fingerprint density at radius 3 is 2.59 bits per heavy atom. The van der Waals surface area contributed by atoms with Gasteiger partial charge in [0.2, 0.25) is 10.0 Å². The minimum absolute atomic E-state index is 0.174. The van der Waals surface area contributed by atoms with Crippen molar-refractivity contribution in [3.63, 3.8) is 0 Å². The highest BCUT2D eigenvalue weighted by Gasteiger charge is 2.26. The molecule has 1 aliphatic rings. The minimum atomic E-state index is -3.56. The number of nitrogens with zero attached hydrogens (tertiary/aromatic N) is 1. The highest BCUT2D eigenvalue weighted by molar-refractivity contribution is 7.89. The van der Waals surface area contributed by atoms with Gasteiger partial charge in [-0.3, -0.25) is 4.79 Å². The van der Waals surface area contributed by atoms with Crippen LogP contribution in [0.25, 0.3) is 0 Å². The monoisotopic (exact) mass is 416 g/mol. The van der Waals surface area contributed by atoms with Crippen molar-refractivity contribution in [3.05, 3.63) is 59.2 Å². The molecule has 2 aromatic carbocycles. The number of amides is 1. The molecule has 1 aliphatic heterocycles. The first-order valence-electron chi connectivity index (χ1n) is 9.94. The normalized spacial score (nSPS) is 15.1. The van der Waals surface area contributed by atoms with Crippen LogP contribution in [-0.4, -0.2) is 45.4 Å². The molecule has 1 amide bonds. The molecule has 0 aromatic heterocycles. The fraction of sp³-hybridized carbons (Fsp3) is 0.409. The lowest BCUT2D eigenvalue weighted by molar-refractivity contribution is 0.0954. The summed E-state index contributed by atoms with van der Waals surface area (Å²) in [5.74, 6) is 0.506. The molecular formula is C22H28N2O4S. The number of sulfonamides is 1. The Labute approximate surface area is 172 Å². The molecule has 0 atom stereocenters. The van der Waals surface area contributed by atoms with Crippen LogP contribution in [0.4, 0.5) is 0 Å². The number of methoxy groups -OCH3 is 1. The molecule has 0 spiro atoms. The zero-order valence-corrected chi connectivity index (χ0v) is 17.8. The first-order chi connectivity index (χ1) is 13.9. The number of rotatable bonds is 7. The van der Waals surface area contributed by atoms with E-state index < -0.39 is 10.0 Å². The summed E-state index contributed by atoms with van der Waals surface area (Å²) in [7, 11) is -1.93. The lowest BCUT2D eigenvalue weighted by atomic mass is 10.1. The highest BCUT2D eigenvalue weighted by Crippen LogP contribution is 2.22. The summed E-state index contributed by atoms with van der Waals surface area (Å²) in [4.78, 5) is 12.7. The third-order valence-corrected chi connectivity index (χ3v) is 7.06. The van der Waals surface area contributed by atoms with E-state index in [0.717, 1.165) is 36.1 Å². The molecule has 1 saturated heterocycles.